The molecular weight excluding hydrogens is 367 g/mol. The Hall–Kier alpha value is -2.19. The highest BCUT2D eigenvalue weighted by atomic mass is 32.2. The van der Waals surface area contributed by atoms with Crippen molar-refractivity contribution < 1.29 is 17.8 Å². The maximum atomic E-state index is 14.0. The Balaban J connectivity index is 1.68. The number of halogens is 1. The summed E-state index contributed by atoms with van der Waals surface area (Å²) in [6.45, 7) is 7.40. The second kappa shape index (κ2) is 8.22. The highest BCUT2D eigenvalue weighted by Crippen LogP contribution is 2.22. The van der Waals surface area contributed by atoms with Gasteiger partial charge in [0, 0.05) is 19.2 Å². The lowest BCUT2D eigenvalue weighted by atomic mass is 10.2. The summed E-state index contributed by atoms with van der Waals surface area (Å²) in [6.07, 6.45) is 1.55. The van der Waals surface area contributed by atoms with Gasteiger partial charge in [0.1, 0.15) is 30.0 Å². The Morgan fingerprint density at radius 1 is 1.00 bits per heavy atom. The Labute approximate surface area is 160 Å². The van der Waals surface area contributed by atoms with Crippen molar-refractivity contribution in [2.75, 3.05) is 49.1 Å². The van der Waals surface area contributed by atoms with Crippen molar-refractivity contribution >= 4 is 21.5 Å². The molecule has 0 bridgehead atoms. The number of nitrogens with one attached hydrogen (secondary N) is 1. The number of anilines is 2. The molecule has 27 heavy (non-hydrogen) atoms. The maximum Gasteiger partial charge on any atom is 0.274 e. The molecule has 0 radical (unpaired) electrons. The van der Waals surface area contributed by atoms with Crippen LogP contribution < -0.4 is 14.8 Å². The molecular formula is C19H26FN4O2S+. The lowest BCUT2D eigenvalue weighted by molar-refractivity contribution is -0.367. The van der Waals surface area contributed by atoms with E-state index >= 15 is 0 Å². The van der Waals surface area contributed by atoms with Crippen LogP contribution in [0.25, 0.3) is 0 Å². The summed E-state index contributed by atoms with van der Waals surface area (Å²) in [5.41, 5.74) is 0.627. The smallest absolute Gasteiger partial charge is 0.274 e. The maximum absolute atomic E-state index is 14.0. The fraction of sp³-hybridized carbons (Fsp3) is 0.421. The number of rotatable bonds is 6. The zero-order valence-corrected chi connectivity index (χ0v) is 16.5. The van der Waals surface area contributed by atoms with Gasteiger partial charge in [-0.1, -0.05) is 26.0 Å². The van der Waals surface area contributed by atoms with Crippen LogP contribution in [0.5, 0.6) is 0 Å². The van der Waals surface area contributed by atoms with Gasteiger partial charge in [0.15, 0.2) is 0 Å². The van der Waals surface area contributed by atoms with E-state index in [1.165, 1.54) is 10.4 Å². The van der Waals surface area contributed by atoms with E-state index in [0.29, 0.717) is 31.9 Å². The molecule has 6 nitrogen and oxygen atoms in total. The van der Waals surface area contributed by atoms with E-state index < -0.39 is 10.0 Å². The molecule has 0 unspecified atom stereocenters. The van der Waals surface area contributed by atoms with Gasteiger partial charge in [0.25, 0.3) is 5.82 Å². The number of nitrogens with zero attached hydrogens (tertiary/aromatic N) is 3. The first-order chi connectivity index (χ1) is 13.0. The molecule has 0 amide bonds. The second-order valence-electron chi connectivity index (χ2n) is 6.42. The number of hydrogen-bond donors (Lipinski definition) is 0. The molecule has 146 valence electrons. The molecule has 2 aromatic rings. The minimum atomic E-state index is -3.46. The van der Waals surface area contributed by atoms with Crippen LogP contribution in [0.15, 0.2) is 47.5 Å². The van der Waals surface area contributed by atoms with E-state index in [4.69, 9.17) is 0 Å². The molecule has 2 heterocycles. The third kappa shape index (κ3) is 4.06. The molecule has 0 saturated carbocycles. The quantitative estimate of drug-likeness (QED) is 0.753. The normalized spacial score (nSPS) is 15.4. The summed E-state index contributed by atoms with van der Waals surface area (Å²) in [6, 6.07) is 10.2. The largest absolute Gasteiger partial charge is 0.361 e. The number of hydrogen-bond acceptors (Lipinski definition) is 4. The van der Waals surface area contributed by atoms with Crippen molar-refractivity contribution in [3.8, 4) is 0 Å². The van der Waals surface area contributed by atoms with Gasteiger partial charge in [0.2, 0.25) is 10.0 Å². The number of sulfonamides is 1. The first-order valence-corrected chi connectivity index (χ1v) is 10.7. The van der Waals surface area contributed by atoms with Gasteiger partial charge in [-0.3, -0.25) is 4.90 Å². The van der Waals surface area contributed by atoms with Crippen LogP contribution in [0.2, 0.25) is 0 Å². The van der Waals surface area contributed by atoms with E-state index in [0.717, 1.165) is 18.9 Å². The van der Waals surface area contributed by atoms with Gasteiger partial charge in [-0.05, 0) is 18.2 Å². The average Bonchev–Trinajstić information content (AvgIpc) is 2.69. The van der Waals surface area contributed by atoms with Crippen LogP contribution in [-0.2, 0) is 10.0 Å². The fourth-order valence-corrected chi connectivity index (χ4v) is 4.79. The topological polar surface area (TPSA) is 58.0 Å². The molecule has 1 aliphatic heterocycles. The van der Waals surface area contributed by atoms with Crippen molar-refractivity contribution in [1.82, 2.24) is 4.31 Å². The van der Waals surface area contributed by atoms with Crippen LogP contribution in [0, 0.1) is 5.82 Å². The summed E-state index contributed by atoms with van der Waals surface area (Å²) in [5.74, 6) is 0.658. The third-order valence-corrected chi connectivity index (χ3v) is 6.97. The Morgan fingerprint density at radius 2 is 1.63 bits per heavy atom. The Bertz CT molecular complexity index is 862. The highest BCUT2D eigenvalue weighted by Gasteiger charge is 2.27. The number of para-hydroxylation sites is 1. The second-order valence-corrected chi connectivity index (χ2v) is 8.36. The molecule has 0 atom stereocenters. The van der Waals surface area contributed by atoms with Crippen molar-refractivity contribution in [2.24, 2.45) is 0 Å². The van der Waals surface area contributed by atoms with Crippen LogP contribution in [0.3, 0.4) is 0 Å². The standard InChI is InChI=1S/C19H25FN4O2S/c1-3-24(4-2)27(25,26)16-9-10-19(21-15-16)23-13-11-22(12-14-23)18-8-6-5-7-17(18)20/h5-10,15H,3-4,11-14H2,1-2H3/p+1. The first-order valence-electron chi connectivity index (χ1n) is 9.23. The monoisotopic (exact) mass is 393 g/mol. The fourth-order valence-electron chi connectivity index (χ4n) is 3.37. The summed E-state index contributed by atoms with van der Waals surface area (Å²) in [5, 5.41) is 0. The molecule has 1 aliphatic rings. The molecule has 1 fully saturated rings. The van der Waals surface area contributed by atoms with Gasteiger partial charge in [-0.25, -0.2) is 17.8 Å². The lowest BCUT2D eigenvalue weighted by Gasteiger charge is -2.32. The molecule has 1 aromatic heterocycles. The molecule has 0 spiro atoms. The minimum Gasteiger partial charge on any atom is -0.361 e. The molecule has 1 aromatic carbocycles. The summed E-state index contributed by atoms with van der Waals surface area (Å²) in [4.78, 5) is 7.55. The third-order valence-electron chi connectivity index (χ3n) is 4.92. The minimum absolute atomic E-state index is 0.205. The summed E-state index contributed by atoms with van der Waals surface area (Å²) < 4.78 is 40.5. The number of pyridine rings is 1. The van der Waals surface area contributed by atoms with Gasteiger partial charge in [0.05, 0.1) is 18.8 Å². The highest BCUT2D eigenvalue weighted by molar-refractivity contribution is 7.89. The van der Waals surface area contributed by atoms with Crippen molar-refractivity contribution in [3.05, 3.63) is 48.4 Å². The number of aromatic amines is 1. The van der Waals surface area contributed by atoms with E-state index in [-0.39, 0.29) is 10.7 Å². The SMILES string of the molecule is CCN(CC)S(=O)(=O)c1ccc(N2CCN(c3ccccc3F)CC2)[nH+]c1. The van der Waals surface area contributed by atoms with Crippen LogP contribution in [-0.4, -0.2) is 52.0 Å². The van der Waals surface area contributed by atoms with Gasteiger partial charge < -0.3 is 4.90 Å². The first kappa shape index (κ1) is 19.6. The number of aromatic nitrogens is 1. The van der Waals surface area contributed by atoms with Crippen LogP contribution in [0.1, 0.15) is 13.8 Å². The number of H-pyrrole nitrogens is 1. The van der Waals surface area contributed by atoms with E-state index in [1.807, 2.05) is 24.8 Å². The van der Waals surface area contributed by atoms with Crippen LogP contribution >= 0.6 is 0 Å². The molecule has 1 N–H and O–H groups in total. The van der Waals surface area contributed by atoms with E-state index in [1.54, 1.807) is 30.5 Å². The summed E-state index contributed by atoms with van der Waals surface area (Å²) >= 11 is 0. The van der Waals surface area contributed by atoms with Gasteiger partial charge in [-0.2, -0.15) is 4.31 Å². The average molecular weight is 394 g/mol. The van der Waals surface area contributed by atoms with Crippen molar-refractivity contribution in [2.45, 2.75) is 18.7 Å². The Morgan fingerprint density at radius 3 is 2.19 bits per heavy atom. The molecule has 3 rings (SSSR count). The Kier molecular flexibility index (Phi) is 5.96. The van der Waals surface area contributed by atoms with E-state index in [9.17, 15) is 12.8 Å². The lowest BCUT2D eigenvalue weighted by Crippen LogP contribution is -2.48. The number of benzene rings is 1. The van der Waals surface area contributed by atoms with Gasteiger partial charge >= 0.3 is 0 Å². The van der Waals surface area contributed by atoms with Gasteiger partial charge in [-0.15, -0.1) is 0 Å². The predicted molar refractivity (Wildman–Crippen MR) is 104 cm³/mol. The van der Waals surface area contributed by atoms with E-state index in [2.05, 4.69) is 9.88 Å². The zero-order chi connectivity index (χ0) is 19.4. The van der Waals surface area contributed by atoms with Crippen LogP contribution in [0.4, 0.5) is 15.9 Å². The number of piperazine rings is 1. The summed E-state index contributed by atoms with van der Waals surface area (Å²) in [7, 11) is -3.46. The zero-order valence-electron chi connectivity index (χ0n) is 15.7. The van der Waals surface area contributed by atoms with Crippen molar-refractivity contribution in [1.29, 1.82) is 0 Å². The molecule has 0 aliphatic carbocycles. The molecule has 1 saturated heterocycles. The predicted octanol–water partition coefficient (Wildman–Crippen LogP) is 2.00. The van der Waals surface area contributed by atoms with Crippen molar-refractivity contribution in [3.63, 3.8) is 0 Å². The molecule has 8 heteroatoms.